The number of carbonyl (C=O) groups excluding carboxylic acids is 2. The summed E-state index contributed by atoms with van der Waals surface area (Å²) in [5, 5.41) is 0.674. The van der Waals surface area contributed by atoms with Crippen molar-refractivity contribution in [2.45, 2.75) is 49.7 Å². The van der Waals surface area contributed by atoms with Gasteiger partial charge in [-0.1, -0.05) is 36.6 Å². The summed E-state index contributed by atoms with van der Waals surface area (Å²) < 4.78 is 5.21. The Kier molecular flexibility index (Phi) is 3.19. The minimum atomic E-state index is -0.491. The number of morpholine rings is 1. The number of hydrogen-bond acceptors (Lipinski definition) is 3. The van der Waals surface area contributed by atoms with E-state index in [0.29, 0.717) is 18.0 Å². The van der Waals surface area contributed by atoms with Crippen molar-refractivity contribution in [3.05, 3.63) is 34.9 Å². The third kappa shape index (κ3) is 1.97. The third-order valence-corrected chi connectivity index (χ3v) is 5.59. The molecule has 2 aliphatic heterocycles. The maximum absolute atomic E-state index is 13.3. The minimum Gasteiger partial charge on any atom is -0.459 e. The molecule has 3 fully saturated rings. The number of halogens is 1. The van der Waals surface area contributed by atoms with Crippen LogP contribution in [-0.4, -0.2) is 35.5 Å². The number of hydrogen-bond donors (Lipinski definition) is 0. The lowest BCUT2D eigenvalue weighted by Crippen LogP contribution is -2.52. The molecule has 1 amide bonds. The summed E-state index contributed by atoms with van der Waals surface area (Å²) in [7, 11) is 0. The first-order chi connectivity index (χ1) is 10.6. The molecule has 0 aromatic heterocycles. The predicted octanol–water partition coefficient (Wildman–Crippen LogP) is 2.68. The van der Waals surface area contributed by atoms with Gasteiger partial charge in [0.05, 0.1) is 12.0 Å². The van der Waals surface area contributed by atoms with E-state index in [2.05, 4.69) is 0 Å². The molecule has 4 rings (SSSR count). The molecule has 4 nitrogen and oxygen atoms in total. The topological polar surface area (TPSA) is 46.6 Å². The number of nitrogens with zero attached hydrogens (tertiary/aromatic N) is 1. The van der Waals surface area contributed by atoms with Gasteiger partial charge in [-0.25, -0.2) is 4.79 Å². The molecule has 3 aliphatic rings. The summed E-state index contributed by atoms with van der Waals surface area (Å²) >= 11 is 5.98. The van der Waals surface area contributed by atoms with Gasteiger partial charge >= 0.3 is 5.97 Å². The fourth-order valence-electron chi connectivity index (χ4n) is 4.22. The Bertz CT molecular complexity index is 621. The Morgan fingerprint density at radius 1 is 1.23 bits per heavy atom. The summed E-state index contributed by atoms with van der Waals surface area (Å²) in [6.45, 7) is 0.546. The molecule has 1 aromatic rings. The molecule has 116 valence electrons. The second-order valence-corrected chi connectivity index (χ2v) is 7.00. The van der Waals surface area contributed by atoms with E-state index in [1.807, 2.05) is 24.3 Å². The average molecular weight is 320 g/mol. The second kappa shape index (κ2) is 4.98. The Hall–Kier alpha value is -1.55. The lowest BCUT2D eigenvalue weighted by Gasteiger charge is -2.36. The third-order valence-electron chi connectivity index (χ3n) is 5.34. The van der Waals surface area contributed by atoms with E-state index in [0.717, 1.165) is 31.2 Å². The van der Waals surface area contributed by atoms with Crippen molar-refractivity contribution in [3.8, 4) is 0 Å². The van der Waals surface area contributed by atoms with Gasteiger partial charge < -0.3 is 9.64 Å². The molecular formula is C17H18ClNO3. The van der Waals surface area contributed by atoms with Crippen LogP contribution in [0.4, 0.5) is 0 Å². The summed E-state index contributed by atoms with van der Waals surface area (Å²) in [5.74, 6) is -0.148. The molecule has 1 aromatic carbocycles. The van der Waals surface area contributed by atoms with Gasteiger partial charge in [0.25, 0.3) is 0 Å². The van der Waals surface area contributed by atoms with E-state index in [1.54, 1.807) is 4.90 Å². The molecule has 0 unspecified atom stereocenters. The average Bonchev–Trinajstić information content (AvgIpc) is 3.22. The molecule has 5 heteroatoms. The molecule has 1 saturated carbocycles. The molecule has 0 radical (unpaired) electrons. The van der Waals surface area contributed by atoms with Crippen LogP contribution in [0.2, 0.25) is 5.02 Å². The highest BCUT2D eigenvalue weighted by Crippen LogP contribution is 2.45. The second-order valence-electron chi connectivity index (χ2n) is 6.56. The highest BCUT2D eigenvalue weighted by molar-refractivity contribution is 6.30. The summed E-state index contributed by atoms with van der Waals surface area (Å²) in [4.78, 5) is 26.9. The number of esters is 1. The van der Waals surface area contributed by atoms with Crippen LogP contribution in [0, 0.1) is 0 Å². The monoisotopic (exact) mass is 319 g/mol. The number of rotatable bonds is 2. The smallest absolute Gasteiger partial charge is 0.329 e. The summed E-state index contributed by atoms with van der Waals surface area (Å²) in [5.41, 5.74) is 0.533. The lowest BCUT2D eigenvalue weighted by molar-refractivity contribution is -0.159. The van der Waals surface area contributed by atoms with E-state index in [9.17, 15) is 9.59 Å². The van der Waals surface area contributed by atoms with Crippen LogP contribution in [-0.2, 0) is 19.7 Å². The largest absolute Gasteiger partial charge is 0.459 e. The first kappa shape index (κ1) is 14.1. The maximum Gasteiger partial charge on any atom is 0.329 e. The van der Waals surface area contributed by atoms with Gasteiger partial charge in [0.2, 0.25) is 5.91 Å². The van der Waals surface area contributed by atoms with Crippen LogP contribution in [0.15, 0.2) is 24.3 Å². The number of benzene rings is 1. The van der Waals surface area contributed by atoms with Gasteiger partial charge in [-0.15, -0.1) is 0 Å². The van der Waals surface area contributed by atoms with Gasteiger partial charge in [0, 0.05) is 11.4 Å². The zero-order valence-electron chi connectivity index (χ0n) is 12.3. The van der Waals surface area contributed by atoms with E-state index in [-0.39, 0.29) is 24.0 Å². The van der Waals surface area contributed by atoms with Crippen molar-refractivity contribution in [1.82, 2.24) is 4.90 Å². The standard InChI is InChI=1S/C17H18ClNO3/c18-12-5-3-11(4-6-12)17(7-1-2-8-17)16(21)19-10-13-9-14(19)15(20)22-13/h3-6,13-14H,1-2,7-10H2/t13-,14-/m0/s1. The number of ether oxygens (including phenoxy) is 1. The molecular weight excluding hydrogens is 302 g/mol. The van der Waals surface area contributed by atoms with E-state index < -0.39 is 5.41 Å². The fraction of sp³-hybridized carbons (Fsp3) is 0.529. The van der Waals surface area contributed by atoms with Crippen molar-refractivity contribution in [1.29, 1.82) is 0 Å². The molecule has 0 N–H and O–H groups in total. The zero-order valence-corrected chi connectivity index (χ0v) is 13.0. The van der Waals surface area contributed by atoms with Gasteiger partial charge in [0.1, 0.15) is 12.1 Å². The summed E-state index contributed by atoms with van der Waals surface area (Å²) in [6.07, 6.45) is 4.32. The number of fused-ring (bicyclic) bond motifs is 2. The van der Waals surface area contributed by atoms with Crippen LogP contribution >= 0.6 is 11.6 Å². The Balaban J connectivity index is 1.69. The first-order valence-electron chi connectivity index (χ1n) is 7.88. The SMILES string of the molecule is O=C1O[C@H]2C[C@@H]1N(C(=O)C1(c3ccc(Cl)cc3)CCCC1)C2. The zero-order chi connectivity index (χ0) is 15.3. The molecule has 1 aliphatic carbocycles. The van der Waals surface area contributed by atoms with Gasteiger partial charge in [-0.3, -0.25) is 4.79 Å². The fourth-order valence-corrected chi connectivity index (χ4v) is 4.35. The molecule has 0 spiro atoms. The molecule has 2 heterocycles. The maximum atomic E-state index is 13.3. The van der Waals surface area contributed by atoms with E-state index >= 15 is 0 Å². The van der Waals surface area contributed by atoms with Crippen molar-refractivity contribution in [2.75, 3.05) is 6.54 Å². The molecule has 2 saturated heterocycles. The number of amides is 1. The Morgan fingerprint density at radius 3 is 2.50 bits per heavy atom. The van der Waals surface area contributed by atoms with Crippen molar-refractivity contribution in [2.24, 2.45) is 0 Å². The lowest BCUT2D eigenvalue weighted by atomic mass is 9.77. The highest BCUT2D eigenvalue weighted by atomic mass is 35.5. The molecule has 2 atom stereocenters. The van der Waals surface area contributed by atoms with E-state index in [1.165, 1.54) is 0 Å². The normalized spacial score (nSPS) is 29.0. The quantitative estimate of drug-likeness (QED) is 0.787. The Morgan fingerprint density at radius 2 is 1.91 bits per heavy atom. The van der Waals surface area contributed by atoms with Crippen molar-refractivity contribution < 1.29 is 14.3 Å². The van der Waals surface area contributed by atoms with Gasteiger partial charge in [-0.2, -0.15) is 0 Å². The van der Waals surface area contributed by atoms with Gasteiger partial charge in [-0.05, 0) is 30.5 Å². The van der Waals surface area contributed by atoms with Gasteiger partial charge in [0.15, 0.2) is 0 Å². The molecule has 22 heavy (non-hydrogen) atoms. The summed E-state index contributed by atoms with van der Waals surface area (Å²) in [6, 6.07) is 7.22. The van der Waals surface area contributed by atoms with Crippen LogP contribution in [0.5, 0.6) is 0 Å². The van der Waals surface area contributed by atoms with E-state index in [4.69, 9.17) is 16.3 Å². The van der Waals surface area contributed by atoms with Crippen LogP contribution < -0.4 is 0 Å². The minimum absolute atomic E-state index is 0.0940. The highest BCUT2D eigenvalue weighted by Gasteiger charge is 2.54. The number of carbonyl (C=O) groups is 2. The van der Waals surface area contributed by atoms with Crippen molar-refractivity contribution in [3.63, 3.8) is 0 Å². The van der Waals surface area contributed by atoms with Crippen molar-refractivity contribution >= 4 is 23.5 Å². The first-order valence-corrected chi connectivity index (χ1v) is 8.25. The van der Waals surface area contributed by atoms with Crippen LogP contribution in [0.25, 0.3) is 0 Å². The van der Waals surface area contributed by atoms with Crippen LogP contribution in [0.1, 0.15) is 37.7 Å². The van der Waals surface area contributed by atoms with Crippen LogP contribution in [0.3, 0.4) is 0 Å². The molecule has 2 bridgehead atoms. The Labute approximate surface area is 134 Å². The number of likely N-dealkylation sites (tertiary alicyclic amines) is 1. The predicted molar refractivity (Wildman–Crippen MR) is 81.6 cm³/mol.